The minimum Gasteiger partial charge on any atom is -0.459 e. The van der Waals surface area contributed by atoms with Crippen molar-refractivity contribution in [2.24, 2.45) is 5.73 Å². The predicted molar refractivity (Wildman–Crippen MR) is 82.9 cm³/mol. The highest BCUT2D eigenvalue weighted by Gasteiger charge is 2.20. The molecule has 2 nitrogen and oxygen atoms in total. The van der Waals surface area contributed by atoms with Crippen LogP contribution in [0.4, 0.5) is 4.39 Å². The summed E-state index contributed by atoms with van der Waals surface area (Å²) in [4.78, 5) is 0. The van der Waals surface area contributed by atoms with Crippen molar-refractivity contribution in [1.29, 1.82) is 0 Å². The fourth-order valence-electron chi connectivity index (χ4n) is 2.76. The summed E-state index contributed by atoms with van der Waals surface area (Å²) in [6, 6.07) is 10.3. The molecule has 0 bridgehead atoms. The maximum absolute atomic E-state index is 13.4. The topological polar surface area (TPSA) is 39.2 Å². The lowest BCUT2D eigenvalue weighted by molar-refractivity contribution is 0.520. The molecule has 3 rings (SSSR count). The summed E-state index contributed by atoms with van der Waals surface area (Å²) < 4.78 is 19.3. The van der Waals surface area contributed by atoms with Crippen LogP contribution in [0.2, 0.25) is 0 Å². The molecule has 0 aliphatic heterocycles. The van der Waals surface area contributed by atoms with Crippen LogP contribution in [0.15, 0.2) is 40.8 Å². The van der Waals surface area contributed by atoms with Gasteiger partial charge in [-0.2, -0.15) is 0 Å². The molecule has 2 aromatic carbocycles. The molecule has 21 heavy (non-hydrogen) atoms. The Morgan fingerprint density at radius 2 is 1.81 bits per heavy atom. The number of rotatable bonds is 2. The van der Waals surface area contributed by atoms with Crippen LogP contribution in [0.3, 0.4) is 0 Å². The average Bonchev–Trinajstić information content (AvgIpc) is 2.78. The Morgan fingerprint density at radius 1 is 1.05 bits per heavy atom. The van der Waals surface area contributed by atoms with Crippen molar-refractivity contribution in [3.8, 4) is 0 Å². The summed E-state index contributed by atoms with van der Waals surface area (Å²) in [6.45, 7) is 6.04. The fraction of sp³-hybridized carbons (Fsp3) is 0.222. The van der Waals surface area contributed by atoms with Gasteiger partial charge in [0.1, 0.15) is 17.2 Å². The van der Waals surface area contributed by atoms with Crippen LogP contribution >= 0.6 is 0 Å². The highest BCUT2D eigenvalue weighted by Crippen LogP contribution is 2.33. The molecule has 0 radical (unpaired) electrons. The lowest BCUT2D eigenvalue weighted by Gasteiger charge is -2.15. The number of nitrogens with two attached hydrogens (primary N) is 1. The van der Waals surface area contributed by atoms with E-state index in [1.165, 1.54) is 17.7 Å². The van der Waals surface area contributed by atoms with Gasteiger partial charge in [-0.05, 0) is 55.7 Å². The first-order valence-electron chi connectivity index (χ1n) is 6.99. The molecule has 0 saturated carbocycles. The van der Waals surface area contributed by atoms with Crippen LogP contribution in [0.5, 0.6) is 0 Å². The van der Waals surface area contributed by atoms with E-state index in [0.717, 1.165) is 22.1 Å². The van der Waals surface area contributed by atoms with Gasteiger partial charge in [0, 0.05) is 10.9 Å². The van der Waals surface area contributed by atoms with Gasteiger partial charge in [-0.1, -0.05) is 18.2 Å². The third-order valence-electron chi connectivity index (χ3n) is 4.20. The Bertz CT molecular complexity index is 819. The van der Waals surface area contributed by atoms with Crippen LogP contribution in [0.25, 0.3) is 11.0 Å². The number of fused-ring (bicyclic) bond motifs is 1. The van der Waals surface area contributed by atoms with Crippen molar-refractivity contribution >= 4 is 11.0 Å². The second kappa shape index (κ2) is 5.01. The highest BCUT2D eigenvalue weighted by atomic mass is 19.1. The summed E-state index contributed by atoms with van der Waals surface area (Å²) in [5.41, 5.74) is 11.4. The van der Waals surface area contributed by atoms with Crippen molar-refractivity contribution in [1.82, 2.24) is 0 Å². The van der Waals surface area contributed by atoms with Gasteiger partial charge in [-0.25, -0.2) is 4.39 Å². The maximum Gasteiger partial charge on any atom is 0.134 e. The smallest absolute Gasteiger partial charge is 0.134 e. The molecule has 1 unspecified atom stereocenters. The predicted octanol–water partition coefficient (Wildman–Crippen LogP) is 4.55. The molecule has 0 amide bonds. The van der Waals surface area contributed by atoms with Gasteiger partial charge in [-0.15, -0.1) is 0 Å². The van der Waals surface area contributed by atoms with E-state index in [-0.39, 0.29) is 11.9 Å². The number of benzene rings is 2. The quantitative estimate of drug-likeness (QED) is 0.749. The van der Waals surface area contributed by atoms with Gasteiger partial charge < -0.3 is 10.2 Å². The zero-order chi connectivity index (χ0) is 15.1. The number of aryl methyl sites for hydroxylation is 2. The molecule has 108 valence electrons. The number of hydrogen-bond acceptors (Lipinski definition) is 2. The Morgan fingerprint density at radius 3 is 2.57 bits per heavy atom. The molecule has 1 aromatic heterocycles. The molecule has 0 fully saturated rings. The monoisotopic (exact) mass is 283 g/mol. The summed E-state index contributed by atoms with van der Waals surface area (Å²) >= 11 is 0. The minimum absolute atomic E-state index is 0.266. The molecule has 3 heteroatoms. The molecule has 0 aliphatic carbocycles. The summed E-state index contributed by atoms with van der Waals surface area (Å²) in [6.07, 6.45) is 0. The minimum atomic E-state index is -0.347. The Balaban J connectivity index is 2.15. The van der Waals surface area contributed by atoms with Crippen molar-refractivity contribution in [3.05, 3.63) is 70.2 Å². The first-order valence-corrected chi connectivity index (χ1v) is 6.99. The Labute approximate surface area is 123 Å². The summed E-state index contributed by atoms with van der Waals surface area (Å²) in [7, 11) is 0. The zero-order valence-corrected chi connectivity index (χ0v) is 12.4. The van der Waals surface area contributed by atoms with E-state index in [2.05, 4.69) is 19.9 Å². The van der Waals surface area contributed by atoms with E-state index in [9.17, 15) is 4.39 Å². The Kier molecular flexibility index (Phi) is 3.30. The van der Waals surface area contributed by atoms with Gasteiger partial charge in [0.2, 0.25) is 0 Å². The van der Waals surface area contributed by atoms with E-state index in [1.807, 2.05) is 19.1 Å². The third-order valence-corrected chi connectivity index (χ3v) is 4.20. The van der Waals surface area contributed by atoms with Crippen molar-refractivity contribution < 1.29 is 8.81 Å². The Hall–Kier alpha value is -2.13. The van der Waals surface area contributed by atoms with E-state index in [0.29, 0.717) is 11.3 Å². The first-order chi connectivity index (χ1) is 9.99. The van der Waals surface area contributed by atoms with Crippen LogP contribution in [-0.4, -0.2) is 0 Å². The van der Waals surface area contributed by atoms with Crippen LogP contribution in [0.1, 0.15) is 34.1 Å². The number of hydrogen-bond donors (Lipinski definition) is 1. The molecule has 3 aromatic rings. The third kappa shape index (κ3) is 2.24. The number of halogens is 1. The van der Waals surface area contributed by atoms with Crippen molar-refractivity contribution in [3.63, 3.8) is 0 Å². The van der Waals surface area contributed by atoms with Gasteiger partial charge in [0.25, 0.3) is 0 Å². The van der Waals surface area contributed by atoms with E-state index in [1.54, 1.807) is 6.07 Å². The van der Waals surface area contributed by atoms with Gasteiger partial charge >= 0.3 is 0 Å². The summed E-state index contributed by atoms with van der Waals surface area (Å²) in [5.74, 6) is 0.433. The first kappa shape index (κ1) is 13.8. The van der Waals surface area contributed by atoms with E-state index in [4.69, 9.17) is 10.2 Å². The number of furan rings is 1. The van der Waals surface area contributed by atoms with Gasteiger partial charge in [-0.3, -0.25) is 0 Å². The van der Waals surface area contributed by atoms with Gasteiger partial charge in [0.05, 0.1) is 6.04 Å². The normalized spacial score (nSPS) is 12.8. The average molecular weight is 283 g/mol. The largest absolute Gasteiger partial charge is 0.459 e. The molecule has 1 atom stereocenters. The van der Waals surface area contributed by atoms with Crippen molar-refractivity contribution in [2.45, 2.75) is 26.8 Å². The van der Waals surface area contributed by atoms with Crippen LogP contribution in [-0.2, 0) is 0 Å². The van der Waals surface area contributed by atoms with E-state index < -0.39 is 0 Å². The second-order valence-corrected chi connectivity index (χ2v) is 5.50. The lowest BCUT2D eigenvalue weighted by Crippen LogP contribution is -2.14. The van der Waals surface area contributed by atoms with E-state index >= 15 is 0 Å². The second-order valence-electron chi connectivity index (χ2n) is 5.50. The molecule has 0 spiro atoms. The maximum atomic E-state index is 13.4. The molecule has 1 heterocycles. The molecular weight excluding hydrogens is 265 g/mol. The molecular formula is C18H18FNO. The van der Waals surface area contributed by atoms with Crippen molar-refractivity contribution in [2.75, 3.05) is 0 Å². The van der Waals surface area contributed by atoms with Gasteiger partial charge in [0.15, 0.2) is 0 Å². The summed E-state index contributed by atoms with van der Waals surface area (Å²) in [5, 5.41) is 0.783. The lowest BCUT2D eigenvalue weighted by atomic mass is 9.95. The molecule has 2 N–H and O–H groups in total. The molecule has 0 aliphatic rings. The SMILES string of the molecule is Cc1cccc(C(N)c2oc3ccc(F)cc3c2C)c1C. The standard InChI is InChI=1S/C18H18FNO/c1-10-5-4-6-14(11(10)2)17(20)18-12(3)15-9-13(19)7-8-16(15)21-18/h4-9,17H,20H2,1-3H3. The zero-order valence-electron chi connectivity index (χ0n) is 12.4. The van der Waals surface area contributed by atoms with Crippen LogP contribution < -0.4 is 5.73 Å². The fourth-order valence-corrected chi connectivity index (χ4v) is 2.76. The van der Waals surface area contributed by atoms with Crippen LogP contribution in [0, 0.1) is 26.6 Å². The molecule has 0 saturated heterocycles. The highest BCUT2D eigenvalue weighted by molar-refractivity contribution is 5.82.